The first kappa shape index (κ1) is 23.3. The number of carbonyl (C=O) groups excluding carboxylic acids is 2. The van der Waals surface area contributed by atoms with Gasteiger partial charge in [-0.3, -0.25) is 14.5 Å². The maximum Gasteiger partial charge on any atom is 0.301 e. The number of ether oxygens (including phenoxy) is 2. The molecular formula is C25H24N2O6S. The summed E-state index contributed by atoms with van der Waals surface area (Å²) in [4.78, 5) is 31.8. The predicted molar refractivity (Wildman–Crippen MR) is 128 cm³/mol. The lowest BCUT2D eigenvalue weighted by Gasteiger charge is -2.23. The minimum atomic E-state index is -0.967. The molecule has 1 amide bonds. The Morgan fingerprint density at radius 1 is 1.15 bits per heavy atom. The molecule has 1 unspecified atom stereocenters. The Labute approximate surface area is 200 Å². The van der Waals surface area contributed by atoms with Gasteiger partial charge in [0.15, 0.2) is 16.6 Å². The third-order valence-electron chi connectivity index (χ3n) is 5.25. The molecule has 4 rings (SSSR count). The van der Waals surface area contributed by atoms with Crippen LogP contribution in [0.5, 0.6) is 17.2 Å². The van der Waals surface area contributed by atoms with E-state index in [4.69, 9.17) is 9.47 Å². The first-order valence-electron chi connectivity index (χ1n) is 10.9. The van der Waals surface area contributed by atoms with E-state index in [1.54, 1.807) is 48.7 Å². The number of thiazole rings is 1. The van der Waals surface area contributed by atoms with Crippen LogP contribution in [0.2, 0.25) is 0 Å². The number of aromatic hydroxyl groups is 1. The molecule has 1 aliphatic rings. The van der Waals surface area contributed by atoms with Gasteiger partial charge >= 0.3 is 5.91 Å². The number of benzene rings is 2. The summed E-state index contributed by atoms with van der Waals surface area (Å²) in [6, 6.07) is 10.3. The Morgan fingerprint density at radius 2 is 1.97 bits per heavy atom. The third-order valence-corrected chi connectivity index (χ3v) is 6.02. The van der Waals surface area contributed by atoms with Crippen molar-refractivity contribution in [2.75, 3.05) is 18.1 Å². The summed E-state index contributed by atoms with van der Waals surface area (Å²) in [5.41, 5.74) is 0.746. The number of aliphatic hydroxyl groups is 1. The number of phenolic OH excluding ortho intramolecular Hbond substituents is 1. The van der Waals surface area contributed by atoms with Crippen molar-refractivity contribution in [3.63, 3.8) is 0 Å². The molecule has 2 N–H and O–H groups in total. The van der Waals surface area contributed by atoms with E-state index in [0.29, 0.717) is 35.2 Å². The van der Waals surface area contributed by atoms with Crippen molar-refractivity contribution in [2.45, 2.75) is 26.3 Å². The van der Waals surface area contributed by atoms with Crippen LogP contribution in [0.1, 0.15) is 37.4 Å². The predicted octanol–water partition coefficient (Wildman–Crippen LogP) is 4.66. The summed E-state index contributed by atoms with van der Waals surface area (Å²) in [6.07, 6.45) is 2.35. The summed E-state index contributed by atoms with van der Waals surface area (Å²) in [5, 5.41) is 23.4. The third kappa shape index (κ3) is 4.34. The van der Waals surface area contributed by atoms with Crippen molar-refractivity contribution in [1.29, 1.82) is 0 Å². The molecule has 9 heteroatoms. The zero-order valence-electron chi connectivity index (χ0n) is 18.7. The quantitative estimate of drug-likeness (QED) is 0.274. The van der Waals surface area contributed by atoms with Crippen molar-refractivity contribution < 1.29 is 29.3 Å². The van der Waals surface area contributed by atoms with E-state index in [1.165, 1.54) is 28.5 Å². The molecule has 0 bridgehead atoms. The first-order chi connectivity index (χ1) is 16.5. The highest BCUT2D eigenvalue weighted by molar-refractivity contribution is 7.14. The Balaban J connectivity index is 1.89. The van der Waals surface area contributed by atoms with Gasteiger partial charge in [-0.15, -0.1) is 11.3 Å². The smallest absolute Gasteiger partial charge is 0.301 e. The van der Waals surface area contributed by atoms with E-state index < -0.39 is 17.7 Å². The van der Waals surface area contributed by atoms with Crippen LogP contribution in [0.3, 0.4) is 0 Å². The van der Waals surface area contributed by atoms with E-state index in [2.05, 4.69) is 4.98 Å². The van der Waals surface area contributed by atoms with Gasteiger partial charge in [0.2, 0.25) is 0 Å². The molecule has 0 saturated carbocycles. The van der Waals surface area contributed by atoms with Gasteiger partial charge in [0.25, 0.3) is 5.78 Å². The number of phenols is 1. The van der Waals surface area contributed by atoms with E-state index >= 15 is 0 Å². The Hall–Kier alpha value is -3.85. The molecule has 0 aliphatic carbocycles. The number of amides is 1. The topological polar surface area (TPSA) is 109 Å². The van der Waals surface area contributed by atoms with Crippen LogP contribution in [0.4, 0.5) is 5.13 Å². The minimum absolute atomic E-state index is 0.0717. The van der Waals surface area contributed by atoms with Crippen molar-refractivity contribution in [3.05, 3.63) is 70.7 Å². The number of rotatable bonds is 8. The molecule has 1 aliphatic heterocycles. The van der Waals surface area contributed by atoms with Gasteiger partial charge in [-0.2, -0.15) is 0 Å². The van der Waals surface area contributed by atoms with Gasteiger partial charge in [-0.05, 0) is 43.2 Å². The molecule has 1 atom stereocenters. The van der Waals surface area contributed by atoms with Gasteiger partial charge in [0.1, 0.15) is 11.5 Å². The molecular weight excluding hydrogens is 456 g/mol. The number of aromatic nitrogens is 1. The van der Waals surface area contributed by atoms with Gasteiger partial charge in [-0.1, -0.05) is 25.1 Å². The SMILES string of the molecule is CCCOc1cccc(C(O)=C2C(=O)C(=O)N(c3nccs3)C2c2ccc(O)c(OCC)c2)c1. The molecule has 8 nitrogen and oxygen atoms in total. The highest BCUT2D eigenvalue weighted by Crippen LogP contribution is 2.44. The van der Waals surface area contributed by atoms with E-state index in [0.717, 1.165) is 6.42 Å². The fourth-order valence-corrected chi connectivity index (χ4v) is 4.43. The monoisotopic (exact) mass is 480 g/mol. The molecule has 2 aromatic carbocycles. The number of ketones is 1. The van der Waals surface area contributed by atoms with Crippen molar-refractivity contribution in [2.24, 2.45) is 0 Å². The molecule has 3 aromatic rings. The number of hydrogen-bond acceptors (Lipinski definition) is 8. The lowest BCUT2D eigenvalue weighted by Crippen LogP contribution is -2.29. The summed E-state index contributed by atoms with van der Waals surface area (Å²) < 4.78 is 11.2. The Kier molecular flexibility index (Phi) is 6.83. The highest BCUT2D eigenvalue weighted by atomic mass is 32.1. The Morgan fingerprint density at radius 3 is 2.68 bits per heavy atom. The van der Waals surface area contributed by atoms with Gasteiger partial charge in [0, 0.05) is 17.1 Å². The molecule has 0 radical (unpaired) electrons. The van der Waals surface area contributed by atoms with E-state index in [1.807, 2.05) is 6.92 Å². The van der Waals surface area contributed by atoms with E-state index in [9.17, 15) is 19.8 Å². The minimum Gasteiger partial charge on any atom is -0.507 e. The number of nitrogens with zero attached hydrogens (tertiary/aromatic N) is 2. The lowest BCUT2D eigenvalue weighted by molar-refractivity contribution is -0.132. The van der Waals surface area contributed by atoms with Crippen LogP contribution >= 0.6 is 11.3 Å². The lowest BCUT2D eigenvalue weighted by atomic mass is 9.95. The van der Waals surface area contributed by atoms with Gasteiger partial charge < -0.3 is 19.7 Å². The maximum atomic E-state index is 13.2. The van der Waals surface area contributed by atoms with Crippen molar-refractivity contribution in [1.82, 2.24) is 4.98 Å². The molecule has 1 saturated heterocycles. The average molecular weight is 481 g/mol. The molecule has 0 spiro atoms. The van der Waals surface area contributed by atoms with Crippen molar-refractivity contribution >= 4 is 33.9 Å². The zero-order valence-corrected chi connectivity index (χ0v) is 19.5. The van der Waals surface area contributed by atoms with Gasteiger partial charge in [0.05, 0.1) is 24.8 Å². The fourth-order valence-electron chi connectivity index (χ4n) is 3.76. The standard InChI is InChI=1S/C25H24N2O6S/c1-3-11-33-17-7-5-6-16(13-17)22(29)20-21(15-8-9-18(28)19(14-15)32-4-2)27(24(31)23(20)30)25-26-10-12-34-25/h5-10,12-14,21,28-29H,3-4,11H2,1-2H3. The maximum absolute atomic E-state index is 13.2. The van der Waals surface area contributed by atoms with Crippen LogP contribution < -0.4 is 14.4 Å². The van der Waals surface area contributed by atoms with Crippen LogP contribution in [0.15, 0.2) is 59.6 Å². The number of aliphatic hydroxyl groups excluding tert-OH is 1. The van der Waals surface area contributed by atoms with Crippen molar-refractivity contribution in [3.8, 4) is 17.2 Å². The first-order valence-corrected chi connectivity index (χ1v) is 11.7. The Bertz CT molecular complexity index is 1240. The molecule has 1 aromatic heterocycles. The fraction of sp³-hybridized carbons (Fsp3) is 0.240. The van der Waals surface area contributed by atoms with Crippen LogP contribution in [-0.4, -0.2) is 40.1 Å². The second-order valence-corrected chi connectivity index (χ2v) is 8.39. The van der Waals surface area contributed by atoms with E-state index in [-0.39, 0.29) is 22.8 Å². The summed E-state index contributed by atoms with van der Waals surface area (Å²) >= 11 is 1.20. The largest absolute Gasteiger partial charge is 0.507 e. The second-order valence-electron chi connectivity index (χ2n) is 7.52. The highest BCUT2D eigenvalue weighted by Gasteiger charge is 2.48. The molecule has 176 valence electrons. The van der Waals surface area contributed by atoms with Gasteiger partial charge in [-0.25, -0.2) is 4.98 Å². The van der Waals surface area contributed by atoms with Crippen LogP contribution in [-0.2, 0) is 9.59 Å². The van der Waals surface area contributed by atoms with Crippen LogP contribution in [0, 0.1) is 0 Å². The molecule has 2 heterocycles. The number of Topliss-reactive ketones (excluding diaryl/α,β-unsaturated/α-hetero) is 1. The summed E-state index contributed by atoms with van der Waals surface area (Å²) in [6.45, 7) is 4.58. The number of hydrogen-bond donors (Lipinski definition) is 2. The summed E-state index contributed by atoms with van der Waals surface area (Å²) in [5.74, 6) is -1.28. The number of carbonyl (C=O) groups is 2. The normalized spacial score (nSPS) is 17.2. The molecule has 1 fully saturated rings. The average Bonchev–Trinajstić information content (AvgIpc) is 3.46. The van der Waals surface area contributed by atoms with Crippen LogP contribution in [0.25, 0.3) is 5.76 Å². The molecule has 34 heavy (non-hydrogen) atoms. The second kappa shape index (κ2) is 9.96. The summed E-state index contributed by atoms with van der Waals surface area (Å²) in [7, 11) is 0. The number of anilines is 1. The zero-order chi connectivity index (χ0) is 24.2.